The molecule has 1 aromatic rings. The Labute approximate surface area is 141 Å². The van der Waals surface area contributed by atoms with Crippen molar-refractivity contribution in [2.24, 2.45) is 5.92 Å². The molecule has 0 heterocycles. The SMILES string of the molecule is CCCCC(CC)C(Br)c1cc(Cl)c(OCC)cc1Cl. The molecule has 1 nitrogen and oxygen atoms in total. The van der Waals surface area contributed by atoms with Crippen LogP contribution >= 0.6 is 39.1 Å². The van der Waals surface area contributed by atoms with E-state index in [1.165, 1.54) is 19.3 Å². The number of ether oxygens (including phenoxy) is 1. The summed E-state index contributed by atoms with van der Waals surface area (Å²) < 4.78 is 5.47. The number of alkyl halides is 1. The Morgan fingerprint density at radius 1 is 1.15 bits per heavy atom. The number of unbranched alkanes of at least 4 members (excludes halogenated alkanes) is 1. The van der Waals surface area contributed by atoms with E-state index in [0.717, 1.165) is 17.0 Å². The summed E-state index contributed by atoms with van der Waals surface area (Å²) in [5.41, 5.74) is 1.06. The van der Waals surface area contributed by atoms with Crippen molar-refractivity contribution in [3.05, 3.63) is 27.7 Å². The maximum absolute atomic E-state index is 6.40. The van der Waals surface area contributed by atoms with Gasteiger partial charge in [-0.05, 0) is 30.9 Å². The first-order valence-electron chi connectivity index (χ1n) is 7.30. The summed E-state index contributed by atoms with van der Waals surface area (Å²) in [4.78, 5) is 0.236. The zero-order valence-electron chi connectivity index (χ0n) is 12.4. The fourth-order valence-electron chi connectivity index (χ4n) is 2.30. The third-order valence-electron chi connectivity index (χ3n) is 3.51. The van der Waals surface area contributed by atoms with E-state index in [9.17, 15) is 0 Å². The molecule has 0 amide bonds. The van der Waals surface area contributed by atoms with Gasteiger partial charge in [-0.2, -0.15) is 0 Å². The second-order valence-corrected chi connectivity index (χ2v) is 6.75. The normalized spacial score (nSPS) is 14.1. The van der Waals surface area contributed by atoms with Gasteiger partial charge in [-0.25, -0.2) is 0 Å². The highest BCUT2D eigenvalue weighted by atomic mass is 79.9. The first kappa shape index (κ1) is 18.1. The van der Waals surface area contributed by atoms with Gasteiger partial charge in [0.2, 0.25) is 0 Å². The average molecular weight is 382 g/mol. The van der Waals surface area contributed by atoms with Crippen molar-refractivity contribution in [3.63, 3.8) is 0 Å². The van der Waals surface area contributed by atoms with Crippen molar-refractivity contribution in [3.8, 4) is 5.75 Å². The molecule has 0 spiro atoms. The van der Waals surface area contributed by atoms with Crippen LogP contribution in [-0.4, -0.2) is 6.61 Å². The zero-order chi connectivity index (χ0) is 15.1. The predicted molar refractivity (Wildman–Crippen MR) is 92.6 cm³/mol. The van der Waals surface area contributed by atoms with E-state index in [-0.39, 0.29) is 4.83 Å². The molecule has 0 bridgehead atoms. The molecule has 2 unspecified atom stereocenters. The maximum Gasteiger partial charge on any atom is 0.139 e. The minimum Gasteiger partial charge on any atom is -0.492 e. The Morgan fingerprint density at radius 3 is 2.40 bits per heavy atom. The molecule has 0 radical (unpaired) electrons. The summed E-state index contributed by atoms with van der Waals surface area (Å²) in [6.07, 6.45) is 4.78. The lowest BCUT2D eigenvalue weighted by molar-refractivity contribution is 0.340. The van der Waals surface area contributed by atoms with Crippen molar-refractivity contribution >= 4 is 39.1 Å². The molecule has 0 fully saturated rings. The molecule has 2 atom stereocenters. The molecular weight excluding hydrogens is 359 g/mol. The van der Waals surface area contributed by atoms with Crippen LogP contribution in [0.15, 0.2) is 12.1 Å². The second kappa shape index (κ2) is 9.17. The molecule has 0 aromatic heterocycles. The number of rotatable bonds is 8. The van der Waals surface area contributed by atoms with Gasteiger partial charge in [0, 0.05) is 15.9 Å². The molecule has 20 heavy (non-hydrogen) atoms. The summed E-state index contributed by atoms with van der Waals surface area (Å²) in [5, 5.41) is 1.34. The third-order valence-corrected chi connectivity index (χ3v) is 5.38. The van der Waals surface area contributed by atoms with Gasteiger partial charge in [0.1, 0.15) is 5.75 Å². The van der Waals surface area contributed by atoms with Gasteiger partial charge >= 0.3 is 0 Å². The van der Waals surface area contributed by atoms with Crippen molar-refractivity contribution < 1.29 is 4.74 Å². The van der Waals surface area contributed by atoms with Crippen LogP contribution in [0.3, 0.4) is 0 Å². The van der Waals surface area contributed by atoms with Gasteiger partial charge in [-0.1, -0.05) is 72.2 Å². The van der Waals surface area contributed by atoms with Gasteiger partial charge in [-0.3, -0.25) is 0 Å². The molecule has 0 aliphatic carbocycles. The Balaban J connectivity index is 2.96. The smallest absolute Gasteiger partial charge is 0.139 e. The van der Waals surface area contributed by atoms with Crippen LogP contribution in [-0.2, 0) is 0 Å². The van der Waals surface area contributed by atoms with Gasteiger partial charge in [0.25, 0.3) is 0 Å². The lowest BCUT2D eigenvalue weighted by atomic mass is 9.92. The maximum atomic E-state index is 6.40. The van der Waals surface area contributed by atoms with E-state index < -0.39 is 0 Å². The van der Waals surface area contributed by atoms with E-state index in [4.69, 9.17) is 27.9 Å². The van der Waals surface area contributed by atoms with Crippen LogP contribution in [0.5, 0.6) is 5.75 Å². The molecule has 4 heteroatoms. The molecule has 0 saturated carbocycles. The number of halogens is 3. The fourth-order valence-corrected chi connectivity index (χ4v) is 3.95. The number of hydrogen-bond donors (Lipinski definition) is 0. The fraction of sp³-hybridized carbons (Fsp3) is 0.625. The minimum absolute atomic E-state index is 0.236. The number of benzene rings is 1. The van der Waals surface area contributed by atoms with E-state index in [1.54, 1.807) is 0 Å². The van der Waals surface area contributed by atoms with Crippen molar-refractivity contribution in [2.75, 3.05) is 6.61 Å². The molecule has 0 saturated heterocycles. The van der Waals surface area contributed by atoms with Crippen LogP contribution in [0.2, 0.25) is 10.0 Å². The molecule has 0 aliphatic rings. The largest absolute Gasteiger partial charge is 0.492 e. The second-order valence-electron chi connectivity index (χ2n) is 4.95. The first-order chi connectivity index (χ1) is 9.54. The highest BCUT2D eigenvalue weighted by molar-refractivity contribution is 9.09. The molecule has 1 rings (SSSR count). The lowest BCUT2D eigenvalue weighted by Crippen LogP contribution is -2.08. The first-order valence-corrected chi connectivity index (χ1v) is 8.98. The number of hydrogen-bond acceptors (Lipinski definition) is 1. The molecule has 0 aliphatic heterocycles. The van der Waals surface area contributed by atoms with E-state index in [2.05, 4.69) is 29.8 Å². The summed E-state index contributed by atoms with van der Waals surface area (Å²) in [6, 6.07) is 3.76. The van der Waals surface area contributed by atoms with Gasteiger partial charge in [0.15, 0.2) is 0 Å². The van der Waals surface area contributed by atoms with Gasteiger partial charge in [0.05, 0.1) is 11.6 Å². The highest BCUT2D eigenvalue weighted by Gasteiger charge is 2.22. The van der Waals surface area contributed by atoms with Crippen LogP contribution in [0.1, 0.15) is 56.8 Å². The lowest BCUT2D eigenvalue weighted by Gasteiger charge is -2.23. The topological polar surface area (TPSA) is 9.23 Å². The van der Waals surface area contributed by atoms with E-state index in [1.807, 2.05) is 19.1 Å². The Hall–Kier alpha value is 0.0800. The molecule has 1 aromatic carbocycles. The molecule has 114 valence electrons. The van der Waals surface area contributed by atoms with Crippen LogP contribution in [0, 0.1) is 5.92 Å². The van der Waals surface area contributed by atoms with Crippen LogP contribution < -0.4 is 4.74 Å². The van der Waals surface area contributed by atoms with Gasteiger partial charge in [-0.15, -0.1) is 0 Å². The van der Waals surface area contributed by atoms with Crippen LogP contribution in [0.25, 0.3) is 0 Å². The summed E-state index contributed by atoms with van der Waals surface area (Å²) in [5.74, 6) is 1.23. The van der Waals surface area contributed by atoms with Crippen molar-refractivity contribution in [1.82, 2.24) is 0 Å². The van der Waals surface area contributed by atoms with Crippen molar-refractivity contribution in [2.45, 2.75) is 51.3 Å². The summed E-state index contributed by atoms with van der Waals surface area (Å²) in [7, 11) is 0. The third kappa shape index (κ3) is 4.82. The quantitative estimate of drug-likeness (QED) is 0.438. The van der Waals surface area contributed by atoms with E-state index in [0.29, 0.717) is 23.3 Å². The van der Waals surface area contributed by atoms with E-state index >= 15 is 0 Å². The predicted octanol–water partition coefficient (Wildman–Crippen LogP) is 7.04. The minimum atomic E-state index is 0.236. The molecular formula is C16H23BrCl2O. The Bertz CT molecular complexity index is 423. The monoisotopic (exact) mass is 380 g/mol. The summed E-state index contributed by atoms with van der Waals surface area (Å²) >= 11 is 16.5. The average Bonchev–Trinajstić information content (AvgIpc) is 2.43. The van der Waals surface area contributed by atoms with Crippen LogP contribution in [0.4, 0.5) is 0 Å². The summed E-state index contributed by atoms with van der Waals surface area (Å²) in [6.45, 7) is 6.96. The standard InChI is InChI=1S/C16H23BrCl2O/c1-4-7-8-11(5-2)16(17)12-9-14(19)15(20-6-3)10-13(12)18/h9-11,16H,4-8H2,1-3H3. The molecule has 0 N–H and O–H groups in total. The van der Waals surface area contributed by atoms with Crippen molar-refractivity contribution in [1.29, 1.82) is 0 Å². The highest BCUT2D eigenvalue weighted by Crippen LogP contribution is 2.42. The van der Waals surface area contributed by atoms with Gasteiger partial charge < -0.3 is 4.74 Å². The Kier molecular flexibility index (Phi) is 8.31. The Morgan fingerprint density at radius 2 is 1.85 bits per heavy atom. The zero-order valence-corrected chi connectivity index (χ0v) is 15.5.